The van der Waals surface area contributed by atoms with Crippen LogP contribution in [0.3, 0.4) is 0 Å². The molecule has 0 bridgehead atoms. The van der Waals surface area contributed by atoms with Gasteiger partial charge in [0.15, 0.2) is 11.5 Å². The smallest absolute Gasteiger partial charge is 0.744 e. The van der Waals surface area contributed by atoms with Crippen molar-refractivity contribution in [1.29, 1.82) is 0 Å². The van der Waals surface area contributed by atoms with Gasteiger partial charge in [-0.25, -0.2) is 50.5 Å². The zero-order valence-corrected chi connectivity index (χ0v) is 66.7. The molecule has 10 rings (SSSR count). The van der Waals surface area contributed by atoms with Gasteiger partial charge in [-0.1, -0.05) is 12.1 Å². The average molecular weight is 1460 g/mol. The number of anilines is 4. The van der Waals surface area contributed by atoms with E-state index in [2.05, 4.69) is 46.2 Å². The topological polar surface area (TPSA) is 547 Å². The second-order valence-corrected chi connectivity index (χ2v) is 26.9. The Morgan fingerprint density at radius 2 is 0.579 bits per heavy atom. The molecule has 43 heteroatoms. The zero-order valence-electron chi connectivity index (χ0n) is 49.8. The Kier molecular flexibility index (Phi) is 28.3. The first kappa shape index (κ1) is 83.5. The van der Waals surface area contributed by atoms with Gasteiger partial charge in [0.25, 0.3) is 0 Å². The molecule has 0 saturated heterocycles. The molecule has 0 aromatic heterocycles. The molecule has 95 heavy (non-hydrogen) atoms. The molecule has 0 aliphatic carbocycles. The molecule has 0 amide bonds. The van der Waals surface area contributed by atoms with Crippen LogP contribution in [0.5, 0.6) is 11.5 Å². The molecule has 0 fully saturated rings. The summed E-state index contributed by atoms with van der Waals surface area (Å²) in [5.41, 5.74) is 7.87. The van der Waals surface area contributed by atoms with Crippen LogP contribution in [0.2, 0.25) is 0 Å². The molecule has 0 heterocycles. The molecule has 10 aromatic carbocycles. The van der Waals surface area contributed by atoms with E-state index in [1.165, 1.54) is 60.7 Å². The van der Waals surface area contributed by atoms with E-state index in [9.17, 15) is 88.0 Å². The summed E-state index contributed by atoms with van der Waals surface area (Å²) in [5.74, 6) is -1.78. The molecule has 0 aliphatic heterocycles. The van der Waals surface area contributed by atoms with Crippen LogP contribution < -0.4 is 194 Å². The fourth-order valence-corrected chi connectivity index (χ4v) is 12.5. The second-order valence-electron chi connectivity index (χ2n) is 18.7. The number of fused-ring (bicyclic) bond motifs is 4. The third kappa shape index (κ3) is 19.0. The minimum Gasteiger partial charge on any atom is -0.744 e. The van der Waals surface area contributed by atoms with Crippen molar-refractivity contribution >= 4 is 172 Å². The molecular formula is C52H31N11Na6O20S6. The molecule has 0 unspecified atom stereocenters. The summed E-state index contributed by atoms with van der Waals surface area (Å²) in [6.07, 6.45) is 0. The first-order valence-electron chi connectivity index (χ1n) is 24.2. The van der Waals surface area contributed by atoms with E-state index in [0.717, 1.165) is 84.9 Å². The van der Waals surface area contributed by atoms with Crippen molar-refractivity contribution in [1.82, 2.24) is 0 Å². The van der Waals surface area contributed by atoms with E-state index in [1.54, 1.807) is 0 Å². The molecule has 10 aromatic rings. The number of azo groups is 4. The Morgan fingerprint density at radius 3 is 0.895 bits per heavy atom. The maximum absolute atomic E-state index is 12.8. The Hall–Kier alpha value is -3.90. The van der Waals surface area contributed by atoms with Crippen molar-refractivity contribution < 1.29 is 265 Å². The number of aromatic hydroxyl groups is 2. The van der Waals surface area contributed by atoms with Crippen LogP contribution in [0.1, 0.15) is 0 Å². The van der Waals surface area contributed by atoms with Gasteiger partial charge in [-0.05, 0) is 144 Å². The predicted molar refractivity (Wildman–Crippen MR) is 309 cm³/mol. The minimum absolute atomic E-state index is 0. The number of phenolic OH excluding ortho intramolecular Hbond substituents is 2. The third-order valence-corrected chi connectivity index (χ3v) is 18.0. The van der Waals surface area contributed by atoms with Gasteiger partial charge in [0, 0.05) is 55.1 Å². The van der Waals surface area contributed by atoms with Crippen LogP contribution in [0.4, 0.5) is 68.2 Å². The number of nitrogen functional groups attached to an aromatic ring is 2. The fourth-order valence-electron chi connectivity index (χ4n) is 8.90. The number of phenols is 2. The maximum atomic E-state index is 12.8. The molecule has 0 saturated carbocycles. The molecule has 7 N–H and O–H groups in total. The normalized spacial score (nSPS) is 12.3. The average Bonchev–Trinajstić information content (AvgIpc) is 0.775. The zero-order chi connectivity index (χ0) is 64.5. The van der Waals surface area contributed by atoms with E-state index in [4.69, 9.17) is 11.5 Å². The quantitative estimate of drug-likeness (QED) is 0.0260. The largest absolute Gasteiger partial charge is 1.00 e. The molecule has 0 spiro atoms. The van der Waals surface area contributed by atoms with Crippen LogP contribution in [0.15, 0.2) is 216 Å². The maximum Gasteiger partial charge on any atom is 1.00 e. The number of nitrogens with one attached hydrogen (secondary N) is 1. The van der Waals surface area contributed by atoms with Crippen molar-refractivity contribution in [3.05, 3.63) is 146 Å². The number of benzene rings is 10. The van der Waals surface area contributed by atoms with Crippen LogP contribution in [-0.2, 0) is 60.7 Å². The summed E-state index contributed by atoms with van der Waals surface area (Å²) in [5, 5.41) is 56.5. The monoisotopic (exact) mass is 1460 g/mol. The SMILES string of the molecule is Nc1ccc(N=Nc2ccc(N=Nc3c(S(=O)(=O)[O-])cc4cc(Nc5ccc6c(O)c(N=Nc7ccc(N=Nc8ccc(N)cc8S(=O)(=O)[O-])c8ccc(S(=O)(=O)[O-])cc78)c(S(=O)(=O)[O-])cc6c5)ccc4c3O)c3ccc(S(=O)(=O)[O-])cc23)c(S(=O)(=O)[O-])c1.[Na+].[Na+].[Na+].[Na+].[Na+].[Na+]. The first-order chi connectivity index (χ1) is 41.5. The van der Waals surface area contributed by atoms with Crippen molar-refractivity contribution in [3.8, 4) is 11.5 Å². The minimum atomic E-state index is -5.53. The van der Waals surface area contributed by atoms with Crippen molar-refractivity contribution in [2.24, 2.45) is 40.9 Å². The van der Waals surface area contributed by atoms with E-state index in [-0.39, 0.29) is 266 Å². The van der Waals surface area contributed by atoms with Crippen molar-refractivity contribution in [2.45, 2.75) is 29.4 Å². The number of rotatable bonds is 16. The number of nitrogens with two attached hydrogens (primary N) is 2. The van der Waals surface area contributed by atoms with Gasteiger partial charge in [0.1, 0.15) is 83.5 Å². The van der Waals surface area contributed by atoms with E-state index in [0.29, 0.717) is 0 Å². The van der Waals surface area contributed by atoms with Gasteiger partial charge in [-0.2, -0.15) is 0 Å². The molecule has 0 atom stereocenters. The standard InChI is InChI=1S/C52H37N11O20S6.6Na/c53-27-1-11-43(45(21-27)86(72,73)74)60-56-39-13-16-42(38-24-32(85(69,70)71)5-9-35(38)39)59-63-50-48(89(81,82)83)20-26-18-30(4-8-34(26)52(50)65)55-29-3-7-33-25(17-29)19-47(88(78,79)80)49(51(33)64)62-58-40-14-15-41(37-23-31(84(66,67)68)6-10-36(37)40)57-61-44-12-2-28(54)22-46(44)87(75,76)77;;;;;;/h1-24,55,64-65H,53-54H2,(H,66,67,68)(H,69,70,71)(H,72,73,74)(H,75,76,77)(H,78,79,80)(H,81,82,83);;;;;;/q;6*+1/p-6. The summed E-state index contributed by atoms with van der Waals surface area (Å²) in [4.78, 5) is -5.43. The number of hydrogen-bond donors (Lipinski definition) is 5. The summed E-state index contributed by atoms with van der Waals surface area (Å²) in [6, 6.07) is 26.2. The van der Waals surface area contributed by atoms with Crippen LogP contribution in [-0.4, -0.2) is 88.0 Å². The fraction of sp³-hybridized carbons (Fsp3) is 0. The summed E-state index contributed by atoms with van der Waals surface area (Å²) in [6.45, 7) is 0. The Morgan fingerprint density at radius 1 is 0.295 bits per heavy atom. The second kappa shape index (κ2) is 32.2. The van der Waals surface area contributed by atoms with E-state index >= 15 is 0 Å². The van der Waals surface area contributed by atoms with Crippen molar-refractivity contribution in [2.75, 3.05) is 16.8 Å². The van der Waals surface area contributed by atoms with Crippen LogP contribution in [0.25, 0.3) is 43.1 Å². The molecule has 31 nitrogen and oxygen atoms in total. The number of hydrogen-bond acceptors (Lipinski definition) is 31. The summed E-state index contributed by atoms with van der Waals surface area (Å²) < 4.78 is 221. The van der Waals surface area contributed by atoms with Crippen LogP contribution >= 0.6 is 0 Å². The summed E-state index contributed by atoms with van der Waals surface area (Å²) >= 11 is 0. The third-order valence-electron chi connectivity index (χ3n) is 12.9. The van der Waals surface area contributed by atoms with Gasteiger partial charge in [-0.3, -0.25) is 0 Å². The van der Waals surface area contributed by atoms with E-state index in [1.807, 2.05) is 0 Å². The van der Waals surface area contributed by atoms with Gasteiger partial charge in [-0.15, -0.1) is 40.9 Å². The van der Waals surface area contributed by atoms with Gasteiger partial charge in [0.05, 0.1) is 52.1 Å². The molecule has 0 radical (unpaired) electrons. The molecule has 456 valence electrons. The Bertz CT molecular complexity index is 5630. The Labute approximate surface area is 671 Å². The van der Waals surface area contributed by atoms with Gasteiger partial charge < -0.3 is 54.3 Å². The van der Waals surface area contributed by atoms with Crippen molar-refractivity contribution in [3.63, 3.8) is 0 Å². The van der Waals surface area contributed by atoms with Gasteiger partial charge in [0.2, 0.25) is 0 Å². The number of nitrogens with zero attached hydrogens (tertiary/aromatic N) is 8. The molecular weight excluding hydrogens is 1430 g/mol. The first-order valence-corrected chi connectivity index (χ1v) is 32.7. The molecule has 0 aliphatic rings. The Balaban J connectivity index is 0.00000320. The van der Waals surface area contributed by atoms with Gasteiger partial charge >= 0.3 is 177 Å². The predicted octanol–water partition coefficient (Wildman–Crippen LogP) is -8.27. The summed E-state index contributed by atoms with van der Waals surface area (Å²) in [7, 11) is -31.6. The van der Waals surface area contributed by atoms with E-state index < -0.39 is 124 Å². The van der Waals surface area contributed by atoms with Crippen LogP contribution in [0, 0.1) is 0 Å².